The molecule has 0 aliphatic heterocycles. The molecule has 0 atom stereocenters. The Hall–Kier alpha value is -0.900. The molecule has 0 radical (unpaired) electrons. The van der Waals surface area contributed by atoms with E-state index in [1.54, 1.807) is 0 Å². The summed E-state index contributed by atoms with van der Waals surface area (Å²) in [5, 5.41) is 3.26. The molecule has 0 aliphatic rings. The van der Waals surface area contributed by atoms with Crippen LogP contribution in [0.25, 0.3) is 0 Å². The van der Waals surface area contributed by atoms with E-state index in [0.717, 1.165) is 0 Å². The molecular weight excluding hydrogens is 130 g/mol. The Morgan fingerprint density at radius 3 is 2.40 bits per heavy atom. The number of hydrazone groups is 1. The van der Waals surface area contributed by atoms with Crippen molar-refractivity contribution in [2.24, 2.45) is 5.10 Å². The molecule has 0 aromatic heterocycles. The highest BCUT2D eigenvalue weighted by Crippen LogP contribution is 1.87. The molecule has 0 aromatic carbocycles. The summed E-state index contributed by atoms with van der Waals surface area (Å²) in [5.74, 6) is -0.109. The van der Waals surface area contributed by atoms with Crippen molar-refractivity contribution in [1.82, 2.24) is 5.43 Å². The second-order valence-corrected chi connectivity index (χ2v) is 3.14. The van der Waals surface area contributed by atoms with Crippen LogP contribution in [0.5, 0.6) is 0 Å². The van der Waals surface area contributed by atoms with E-state index in [-0.39, 0.29) is 5.91 Å². The summed E-state index contributed by atoms with van der Waals surface area (Å²) in [6.07, 6.45) is 0. The molecule has 1 N–H and O–H groups in total. The lowest BCUT2D eigenvalue weighted by atomic mass is 10.5. The second kappa shape index (κ2) is 3.31. The molecule has 0 fully saturated rings. The largest absolute Gasteiger partial charge is 0.323 e. The first-order chi connectivity index (χ1) is 4.45. The second-order valence-electron chi connectivity index (χ2n) is 3.14. The zero-order valence-electron chi connectivity index (χ0n) is 6.72. The van der Waals surface area contributed by atoms with Crippen LogP contribution in [0, 0.1) is 0 Å². The zero-order valence-corrected chi connectivity index (χ0v) is 6.72. The van der Waals surface area contributed by atoms with Gasteiger partial charge in [-0.05, 0) is 0 Å². The van der Waals surface area contributed by atoms with Crippen molar-refractivity contribution in [2.75, 3.05) is 27.7 Å². The summed E-state index contributed by atoms with van der Waals surface area (Å²) in [6.45, 7) is 3.56. The molecule has 0 saturated heterocycles. The molecule has 1 amide bonds. The van der Waals surface area contributed by atoms with Crippen LogP contribution in [-0.2, 0) is 4.79 Å². The van der Waals surface area contributed by atoms with E-state index in [1.807, 2.05) is 21.1 Å². The maximum atomic E-state index is 10.8. The van der Waals surface area contributed by atoms with Gasteiger partial charge in [-0.2, -0.15) is 5.10 Å². The van der Waals surface area contributed by atoms with Crippen LogP contribution in [0.4, 0.5) is 0 Å². The Kier molecular flexibility index (Phi) is 3.02. The lowest BCUT2D eigenvalue weighted by Crippen LogP contribution is -2.42. The summed E-state index contributed by atoms with van der Waals surface area (Å²) in [6, 6.07) is 0. The van der Waals surface area contributed by atoms with Gasteiger partial charge in [-0.1, -0.05) is 0 Å². The SMILES string of the molecule is C=NNC(=O)C[N+](C)(C)C. The number of carbonyl (C=O) groups is 1. The van der Waals surface area contributed by atoms with Crippen LogP contribution >= 0.6 is 0 Å². The summed E-state index contributed by atoms with van der Waals surface area (Å²) in [5.41, 5.74) is 2.26. The standard InChI is InChI=1S/C6H13N3O/c1-7-8-6(10)5-9(2,3)4/h1,5H2,2-4H3/p+1. The van der Waals surface area contributed by atoms with Gasteiger partial charge in [0.2, 0.25) is 0 Å². The van der Waals surface area contributed by atoms with Crippen LogP contribution in [0.1, 0.15) is 0 Å². The van der Waals surface area contributed by atoms with Gasteiger partial charge in [0.25, 0.3) is 5.91 Å². The summed E-state index contributed by atoms with van der Waals surface area (Å²) in [7, 11) is 5.80. The van der Waals surface area contributed by atoms with E-state index in [1.165, 1.54) is 0 Å². The first kappa shape index (κ1) is 9.10. The number of carbonyl (C=O) groups excluding carboxylic acids is 1. The Labute approximate surface area is 61.1 Å². The Balaban J connectivity index is 3.68. The monoisotopic (exact) mass is 144 g/mol. The molecular formula is C6H14N3O+. The molecule has 0 saturated carbocycles. The molecule has 0 aromatic rings. The van der Waals surface area contributed by atoms with Crippen molar-refractivity contribution in [3.05, 3.63) is 0 Å². The number of amides is 1. The van der Waals surface area contributed by atoms with E-state index in [4.69, 9.17) is 0 Å². The fourth-order valence-corrected chi connectivity index (χ4v) is 0.554. The Bertz CT molecular complexity index is 136. The quantitative estimate of drug-likeness (QED) is 0.321. The third-order valence-electron chi connectivity index (χ3n) is 0.822. The van der Waals surface area contributed by atoms with Crippen molar-refractivity contribution < 1.29 is 9.28 Å². The molecule has 0 rings (SSSR count). The van der Waals surface area contributed by atoms with Crippen molar-refractivity contribution >= 4 is 12.6 Å². The molecule has 4 nitrogen and oxygen atoms in total. The van der Waals surface area contributed by atoms with Crippen molar-refractivity contribution in [2.45, 2.75) is 0 Å². The lowest BCUT2D eigenvalue weighted by molar-refractivity contribution is -0.862. The number of likely N-dealkylation sites (N-methyl/N-ethyl adjacent to an activating group) is 1. The van der Waals surface area contributed by atoms with E-state index in [0.29, 0.717) is 11.0 Å². The van der Waals surface area contributed by atoms with Crippen molar-refractivity contribution in [3.8, 4) is 0 Å². The molecule has 0 aliphatic carbocycles. The highest BCUT2D eigenvalue weighted by atomic mass is 16.2. The minimum atomic E-state index is -0.109. The van der Waals surface area contributed by atoms with Gasteiger partial charge in [-0.15, -0.1) is 0 Å². The first-order valence-electron chi connectivity index (χ1n) is 3.01. The highest BCUT2D eigenvalue weighted by molar-refractivity contribution is 5.76. The Morgan fingerprint density at radius 1 is 1.60 bits per heavy atom. The molecule has 0 heterocycles. The lowest BCUT2D eigenvalue weighted by Gasteiger charge is -2.21. The van der Waals surface area contributed by atoms with Gasteiger partial charge in [0.15, 0.2) is 6.54 Å². The van der Waals surface area contributed by atoms with Gasteiger partial charge < -0.3 is 4.48 Å². The average Bonchev–Trinajstić information content (AvgIpc) is 1.59. The zero-order chi connectivity index (χ0) is 8.20. The fraction of sp³-hybridized carbons (Fsp3) is 0.667. The van der Waals surface area contributed by atoms with Crippen molar-refractivity contribution in [1.29, 1.82) is 0 Å². The van der Waals surface area contributed by atoms with Gasteiger partial charge >= 0.3 is 0 Å². The number of hydrogen-bond acceptors (Lipinski definition) is 2. The van der Waals surface area contributed by atoms with Crippen molar-refractivity contribution in [3.63, 3.8) is 0 Å². The molecule has 58 valence electrons. The molecule has 0 unspecified atom stereocenters. The molecule has 0 bridgehead atoms. The fourth-order valence-electron chi connectivity index (χ4n) is 0.554. The normalized spacial score (nSPS) is 10.7. The Morgan fingerprint density at radius 2 is 2.10 bits per heavy atom. The van der Waals surface area contributed by atoms with Crippen LogP contribution in [0.3, 0.4) is 0 Å². The van der Waals surface area contributed by atoms with Gasteiger partial charge in [-0.3, -0.25) is 4.79 Å². The van der Waals surface area contributed by atoms with Gasteiger partial charge in [0.1, 0.15) is 0 Å². The predicted molar refractivity (Wildman–Crippen MR) is 40.6 cm³/mol. The van der Waals surface area contributed by atoms with E-state index in [9.17, 15) is 4.79 Å². The van der Waals surface area contributed by atoms with Crippen LogP contribution < -0.4 is 5.43 Å². The third-order valence-corrected chi connectivity index (χ3v) is 0.822. The van der Waals surface area contributed by atoms with Gasteiger partial charge in [-0.25, -0.2) is 5.43 Å². The summed E-state index contributed by atoms with van der Waals surface area (Å²) in [4.78, 5) is 10.8. The maximum Gasteiger partial charge on any atom is 0.295 e. The summed E-state index contributed by atoms with van der Waals surface area (Å²) < 4.78 is 0.599. The van der Waals surface area contributed by atoms with E-state index < -0.39 is 0 Å². The smallest absolute Gasteiger partial charge is 0.295 e. The minimum Gasteiger partial charge on any atom is -0.323 e. The van der Waals surface area contributed by atoms with Crippen LogP contribution in [0.15, 0.2) is 5.10 Å². The summed E-state index contributed by atoms with van der Waals surface area (Å²) >= 11 is 0. The van der Waals surface area contributed by atoms with E-state index >= 15 is 0 Å². The number of quaternary nitrogens is 1. The van der Waals surface area contributed by atoms with Crippen LogP contribution in [0.2, 0.25) is 0 Å². The molecule has 10 heavy (non-hydrogen) atoms. The number of nitrogens with zero attached hydrogens (tertiary/aromatic N) is 2. The molecule has 4 heteroatoms. The van der Waals surface area contributed by atoms with Gasteiger partial charge in [0.05, 0.1) is 21.1 Å². The predicted octanol–water partition coefficient (Wildman–Crippen LogP) is -0.576. The molecule has 0 spiro atoms. The number of rotatable bonds is 3. The number of nitrogens with one attached hydrogen (secondary N) is 1. The van der Waals surface area contributed by atoms with Crippen LogP contribution in [-0.4, -0.2) is 44.8 Å². The minimum absolute atomic E-state index is 0.109. The number of hydrogen-bond donors (Lipinski definition) is 1. The third kappa shape index (κ3) is 5.24. The maximum absolute atomic E-state index is 10.8. The van der Waals surface area contributed by atoms with E-state index in [2.05, 4.69) is 17.2 Å². The average molecular weight is 144 g/mol. The van der Waals surface area contributed by atoms with Gasteiger partial charge in [0, 0.05) is 6.72 Å². The highest BCUT2D eigenvalue weighted by Gasteiger charge is 2.12. The first-order valence-corrected chi connectivity index (χ1v) is 3.01. The topological polar surface area (TPSA) is 41.5 Å².